The summed E-state index contributed by atoms with van der Waals surface area (Å²) in [4.78, 5) is 20.3. The molecule has 1 aliphatic heterocycles. The topological polar surface area (TPSA) is 57.2 Å². The fourth-order valence-corrected chi connectivity index (χ4v) is 3.12. The third-order valence-corrected chi connectivity index (χ3v) is 4.39. The number of rotatable bonds is 7. The number of nitrogens with one attached hydrogen (secondary N) is 1. The molecule has 1 aliphatic rings. The number of hydrogen-bond donors (Lipinski definition) is 1. The monoisotopic (exact) mass is 326 g/mol. The molecule has 1 N–H and O–H groups in total. The number of piperidine rings is 1. The second kappa shape index (κ2) is 9.75. The van der Waals surface area contributed by atoms with E-state index in [4.69, 9.17) is 4.74 Å². The molecule has 0 aromatic rings. The summed E-state index contributed by atoms with van der Waals surface area (Å²) >= 11 is 0. The van der Waals surface area contributed by atoms with Crippen LogP contribution in [0.4, 0.5) is 0 Å². The highest BCUT2D eigenvalue weighted by Crippen LogP contribution is 2.33. The Morgan fingerprint density at radius 3 is 2.78 bits per heavy atom. The van der Waals surface area contributed by atoms with Crippen molar-refractivity contribution in [3.05, 3.63) is 0 Å². The van der Waals surface area contributed by atoms with Crippen molar-refractivity contribution in [3.8, 4) is 0 Å². The number of ether oxygens (including phenoxy) is 1. The molecule has 6 nitrogen and oxygen atoms in total. The zero-order valence-corrected chi connectivity index (χ0v) is 15.5. The average molecular weight is 326 g/mol. The molecule has 0 radical (unpaired) electrons. The SMILES string of the molecule is CCCC1(C)CCCN(C(=NCC(=O)N(C)C)NCCOC)C1. The molecule has 134 valence electrons. The number of carbonyl (C=O) groups is 1. The van der Waals surface area contributed by atoms with Crippen LogP contribution in [0.25, 0.3) is 0 Å². The van der Waals surface area contributed by atoms with Crippen molar-refractivity contribution in [1.82, 2.24) is 15.1 Å². The largest absolute Gasteiger partial charge is 0.383 e. The van der Waals surface area contributed by atoms with Gasteiger partial charge in [0.2, 0.25) is 5.91 Å². The average Bonchev–Trinajstić information content (AvgIpc) is 2.50. The van der Waals surface area contributed by atoms with E-state index in [2.05, 4.69) is 29.1 Å². The summed E-state index contributed by atoms with van der Waals surface area (Å²) in [5, 5.41) is 3.34. The second-order valence-electron chi connectivity index (χ2n) is 6.93. The van der Waals surface area contributed by atoms with Crippen LogP contribution in [0.15, 0.2) is 4.99 Å². The molecule has 0 aromatic heterocycles. The van der Waals surface area contributed by atoms with E-state index in [9.17, 15) is 4.79 Å². The molecule has 23 heavy (non-hydrogen) atoms. The van der Waals surface area contributed by atoms with Gasteiger partial charge in [-0.15, -0.1) is 0 Å². The van der Waals surface area contributed by atoms with Crippen molar-refractivity contribution in [1.29, 1.82) is 0 Å². The highest BCUT2D eigenvalue weighted by atomic mass is 16.5. The number of hydrogen-bond acceptors (Lipinski definition) is 3. The lowest BCUT2D eigenvalue weighted by Crippen LogP contribution is -2.50. The molecule has 1 atom stereocenters. The van der Waals surface area contributed by atoms with Gasteiger partial charge in [0.25, 0.3) is 0 Å². The predicted octanol–water partition coefficient (Wildman–Crippen LogP) is 1.57. The molecule has 1 saturated heterocycles. The Morgan fingerprint density at radius 2 is 2.17 bits per heavy atom. The fraction of sp³-hybridized carbons (Fsp3) is 0.882. The van der Waals surface area contributed by atoms with E-state index in [1.165, 1.54) is 25.7 Å². The van der Waals surface area contributed by atoms with Gasteiger partial charge in [-0.25, -0.2) is 4.99 Å². The van der Waals surface area contributed by atoms with Gasteiger partial charge < -0.3 is 19.9 Å². The smallest absolute Gasteiger partial charge is 0.243 e. The van der Waals surface area contributed by atoms with Gasteiger partial charge in [-0.2, -0.15) is 0 Å². The van der Waals surface area contributed by atoms with Crippen molar-refractivity contribution in [3.63, 3.8) is 0 Å². The first kappa shape index (κ1) is 19.7. The Hall–Kier alpha value is -1.30. The highest BCUT2D eigenvalue weighted by molar-refractivity contribution is 5.85. The van der Waals surface area contributed by atoms with Crippen molar-refractivity contribution < 1.29 is 9.53 Å². The molecule has 0 saturated carbocycles. The van der Waals surface area contributed by atoms with Crippen LogP contribution in [0.5, 0.6) is 0 Å². The number of carbonyl (C=O) groups excluding carboxylic acids is 1. The first-order chi connectivity index (χ1) is 10.9. The molecule has 1 amide bonds. The summed E-state index contributed by atoms with van der Waals surface area (Å²) in [6, 6.07) is 0. The van der Waals surface area contributed by atoms with Gasteiger partial charge in [0.05, 0.1) is 6.61 Å². The normalized spacial score (nSPS) is 22.1. The molecule has 1 rings (SSSR count). The van der Waals surface area contributed by atoms with E-state index in [1.54, 1.807) is 26.1 Å². The van der Waals surface area contributed by atoms with Crippen molar-refractivity contribution in [2.24, 2.45) is 10.4 Å². The van der Waals surface area contributed by atoms with Crippen LogP contribution >= 0.6 is 0 Å². The van der Waals surface area contributed by atoms with Crippen molar-refractivity contribution in [2.75, 3.05) is 54.0 Å². The van der Waals surface area contributed by atoms with Crippen LogP contribution in [-0.4, -0.2) is 75.7 Å². The lowest BCUT2D eigenvalue weighted by atomic mass is 9.78. The van der Waals surface area contributed by atoms with E-state index >= 15 is 0 Å². The number of nitrogens with zero attached hydrogens (tertiary/aromatic N) is 3. The molecule has 0 spiro atoms. The van der Waals surface area contributed by atoms with E-state index in [-0.39, 0.29) is 12.5 Å². The van der Waals surface area contributed by atoms with Crippen LogP contribution in [0.3, 0.4) is 0 Å². The van der Waals surface area contributed by atoms with E-state index < -0.39 is 0 Å². The predicted molar refractivity (Wildman–Crippen MR) is 94.7 cm³/mol. The van der Waals surface area contributed by atoms with Gasteiger partial charge in [-0.1, -0.05) is 20.3 Å². The standard InChI is InChI=1S/C17H34N4O2/c1-6-8-17(2)9-7-11-21(14-17)16(18-10-12-23-5)19-13-15(22)20(3)4/h6-14H2,1-5H3,(H,18,19). The Bertz CT molecular complexity index is 394. The van der Waals surface area contributed by atoms with Crippen molar-refractivity contribution >= 4 is 11.9 Å². The van der Waals surface area contributed by atoms with Gasteiger partial charge in [0, 0.05) is 40.8 Å². The highest BCUT2D eigenvalue weighted by Gasteiger charge is 2.31. The number of guanidine groups is 1. The lowest BCUT2D eigenvalue weighted by Gasteiger charge is -2.42. The molecule has 6 heteroatoms. The summed E-state index contributed by atoms with van der Waals surface area (Å²) in [6.45, 7) is 8.10. The number of likely N-dealkylation sites (N-methyl/N-ethyl adjacent to an activating group) is 1. The van der Waals surface area contributed by atoms with Crippen molar-refractivity contribution in [2.45, 2.75) is 39.5 Å². The molecular weight excluding hydrogens is 292 g/mol. The minimum absolute atomic E-state index is 0.0179. The second-order valence-corrected chi connectivity index (χ2v) is 6.93. The van der Waals surface area contributed by atoms with Gasteiger partial charge in [-0.05, 0) is 24.7 Å². The van der Waals surface area contributed by atoms with Gasteiger partial charge in [-0.3, -0.25) is 4.79 Å². The summed E-state index contributed by atoms with van der Waals surface area (Å²) < 4.78 is 5.11. The number of methoxy groups -OCH3 is 1. The third kappa shape index (κ3) is 6.77. The summed E-state index contributed by atoms with van der Waals surface area (Å²) in [7, 11) is 5.21. The van der Waals surface area contributed by atoms with Crippen LogP contribution in [-0.2, 0) is 9.53 Å². The minimum atomic E-state index is 0.0179. The molecule has 0 aliphatic carbocycles. The zero-order chi connectivity index (χ0) is 17.3. The number of likely N-dealkylation sites (tertiary alicyclic amines) is 1. The van der Waals surface area contributed by atoms with E-state index in [0.717, 1.165) is 19.0 Å². The first-order valence-corrected chi connectivity index (χ1v) is 8.64. The molecule has 0 aromatic carbocycles. The Morgan fingerprint density at radius 1 is 1.43 bits per heavy atom. The summed E-state index contributed by atoms with van der Waals surface area (Å²) in [5.41, 5.74) is 0.336. The zero-order valence-electron chi connectivity index (χ0n) is 15.5. The van der Waals surface area contributed by atoms with E-state index in [0.29, 0.717) is 18.6 Å². The molecular formula is C17H34N4O2. The maximum atomic E-state index is 11.8. The quantitative estimate of drug-likeness (QED) is 0.438. The molecule has 1 fully saturated rings. The Kier molecular flexibility index (Phi) is 8.37. The van der Waals surface area contributed by atoms with Gasteiger partial charge in [0.1, 0.15) is 6.54 Å². The number of amides is 1. The van der Waals surface area contributed by atoms with Gasteiger partial charge >= 0.3 is 0 Å². The number of aliphatic imine (C=N–C) groups is 1. The van der Waals surface area contributed by atoms with Crippen LogP contribution in [0.1, 0.15) is 39.5 Å². The van der Waals surface area contributed by atoms with Gasteiger partial charge in [0.15, 0.2) is 5.96 Å². The Balaban J connectivity index is 2.77. The molecule has 0 bridgehead atoms. The Labute approximate surface area is 141 Å². The fourth-order valence-electron chi connectivity index (χ4n) is 3.12. The third-order valence-electron chi connectivity index (χ3n) is 4.39. The maximum absolute atomic E-state index is 11.8. The maximum Gasteiger partial charge on any atom is 0.243 e. The van der Waals surface area contributed by atoms with Crippen LogP contribution < -0.4 is 5.32 Å². The summed E-state index contributed by atoms with van der Waals surface area (Å²) in [6.07, 6.45) is 4.86. The van der Waals surface area contributed by atoms with Crippen LogP contribution in [0, 0.1) is 5.41 Å². The molecule has 1 heterocycles. The summed E-state index contributed by atoms with van der Waals surface area (Å²) in [5.74, 6) is 0.851. The minimum Gasteiger partial charge on any atom is -0.383 e. The van der Waals surface area contributed by atoms with E-state index in [1.807, 2.05) is 0 Å². The lowest BCUT2D eigenvalue weighted by molar-refractivity contribution is -0.127. The first-order valence-electron chi connectivity index (χ1n) is 8.64. The van der Waals surface area contributed by atoms with Crippen LogP contribution in [0.2, 0.25) is 0 Å². The molecule has 1 unspecified atom stereocenters.